The van der Waals surface area contributed by atoms with Gasteiger partial charge >= 0.3 is 5.97 Å². The van der Waals surface area contributed by atoms with Crippen LogP contribution in [-0.4, -0.2) is 56.7 Å². The second-order valence-electron chi connectivity index (χ2n) is 8.62. The highest BCUT2D eigenvalue weighted by Crippen LogP contribution is 2.41. The largest absolute Gasteiger partial charge is 0.508 e. The number of thioether (sulfide) groups is 1. The van der Waals surface area contributed by atoms with Crippen molar-refractivity contribution >= 4 is 29.5 Å². The molecule has 2 aliphatic heterocycles. The molecule has 2 aliphatic rings. The Labute approximate surface area is 217 Å². The number of esters is 1. The number of amides is 2. The molecule has 8 nitrogen and oxygen atoms in total. The number of β-lactam (4-membered cyclic amide) rings is 1. The van der Waals surface area contributed by atoms with Gasteiger partial charge in [-0.1, -0.05) is 60.7 Å². The fourth-order valence-electron chi connectivity index (χ4n) is 4.38. The maximum atomic E-state index is 13.5. The summed E-state index contributed by atoms with van der Waals surface area (Å²) in [6.07, 6.45) is -0.711. The van der Waals surface area contributed by atoms with Crippen molar-refractivity contribution in [2.45, 2.75) is 17.5 Å². The first-order chi connectivity index (χ1) is 18.0. The normalized spacial score (nSPS) is 18.8. The molecular weight excluding hydrogens is 492 g/mol. The second-order valence-corrected chi connectivity index (χ2v) is 9.73. The van der Waals surface area contributed by atoms with E-state index in [-0.39, 0.29) is 11.4 Å². The number of hydrogen-bond donors (Lipinski definition) is 3. The summed E-state index contributed by atoms with van der Waals surface area (Å²) in [5, 5.41) is 21.6. The number of nitrogens with one attached hydrogen (secondary N) is 1. The van der Waals surface area contributed by atoms with Crippen molar-refractivity contribution in [1.82, 2.24) is 10.2 Å². The third-order valence-electron chi connectivity index (χ3n) is 6.28. The number of nitrogens with zero attached hydrogens (tertiary/aromatic N) is 1. The minimum atomic E-state index is -0.839. The number of aromatic hydroxyl groups is 1. The summed E-state index contributed by atoms with van der Waals surface area (Å²) in [5.41, 5.74) is 2.24. The lowest BCUT2D eigenvalue weighted by Gasteiger charge is -2.49. The number of phenols is 1. The molecule has 2 amide bonds. The summed E-state index contributed by atoms with van der Waals surface area (Å²) < 4.78 is 5.97. The summed E-state index contributed by atoms with van der Waals surface area (Å²) in [5.74, 6) is -1.31. The van der Waals surface area contributed by atoms with Crippen LogP contribution >= 0.6 is 11.8 Å². The molecule has 2 heterocycles. The van der Waals surface area contributed by atoms with Crippen LogP contribution in [0.4, 0.5) is 0 Å². The van der Waals surface area contributed by atoms with Gasteiger partial charge in [-0.2, -0.15) is 0 Å². The van der Waals surface area contributed by atoms with Crippen molar-refractivity contribution in [2.24, 2.45) is 0 Å². The fraction of sp³-hybridized carbons (Fsp3) is 0.179. The Morgan fingerprint density at radius 3 is 2.14 bits per heavy atom. The third kappa shape index (κ3) is 4.83. The monoisotopic (exact) mass is 516 g/mol. The number of carbonyl (C=O) groups excluding carboxylic acids is 3. The molecule has 0 aromatic heterocycles. The summed E-state index contributed by atoms with van der Waals surface area (Å²) >= 11 is 1.35. The molecule has 1 fully saturated rings. The number of aliphatic hydroxyl groups is 1. The first kappa shape index (κ1) is 24.6. The molecule has 2 atom stereocenters. The average Bonchev–Trinajstić information content (AvgIpc) is 2.94. The molecule has 0 saturated carbocycles. The highest BCUT2D eigenvalue weighted by atomic mass is 32.2. The van der Waals surface area contributed by atoms with Crippen LogP contribution in [0.1, 0.15) is 27.6 Å². The molecule has 188 valence electrons. The van der Waals surface area contributed by atoms with Crippen molar-refractivity contribution < 1.29 is 29.3 Å². The van der Waals surface area contributed by atoms with Gasteiger partial charge in [0.15, 0.2) is 6.10 Å². The van der Waals surface area contributed by atoms with E-state index in [2.05, 4.69) is 5.32 Å². The quantitative estimate of drug-likeness (QED) is 0.327. The number of fused-ring (bicyclic) bond motifs is 1. The lowest BCUT2D eigenvalue weighted by molar-refractivity contribution is -0.153. The van der Waals surface area contributed by atoms with Crippen molar-refractivity contribution in [3.63, 3.8) is 0 Å². The number of benzene rings is 3. The summed E-state index contributed by atoms with van der Waals surface area (Å²) in [6, 6.07) is 23.4. The maximum absolute atomic E-state index is 13.5. The van der Waals surface area contributed by atoms with E-state index in [1.165, 1.54) is 40.9 Å². The Morgan fingerprint density at radius 2 is 1.57 bits per heavy atom. The SMILES string of the molecule is O=C(OC(c1ccccc1)c1ccccc1)C1=C(CO)CS[C@@H]2C(NC(=O)c3ccc(O)cc3)C(=O)N12. The molecule has 3 N–H and O–H groups in total. The van der Waals surface area contributed by atoms with E-state index < -0.39 is 41.9 Å². The topological polar surface area (TPSA) is 116 Å². The number of phenolic OH excluding ortho intramolecular Hbond substituents is 1. The van der Waals surface area contributed by atoms with Gasteiger partial charge in [0.2, 0.25) is 0 Å². The maximum Gasteiger partial charge on any atom is 0.356 e. The first-order valence-corrected chi connectivity index (χ1v) is 12.7. The van der Waals surface area contributed by atoms with E-state index in [0.717, 1.165) is 11.1 Å². The van der Waals surface area contributed by atoms with Crippen LogP contribution in [-0.2, 0) is 14.3 Å². The van der Waals surface area contributed by atoms with Gasteiger partial charge in [0.1, 0.15) is 22.9 Å². The Hall–Kier alpha value is -4.08. The number of carbonyl (C=O) groups is 3. The van der Waals surface area contributed by atoms with Gasteiger partial charge in [0, 0.05) is 11.3 Å². The molecule has 3 aromatic carbocycles. The van der Waals surface area contributed by atoms with Crippen molar-refractivity contribution in [3.05, 3.63) is 113 Å². The molecule has 0 bridgehead atoms. The minimum absolute atomic E-state index is 0.0169. The van der Waals surface area contributed by atoms with Crippen LogP contribution in [0.3, 0.4) is 0 Å². The summed E-state index contributed by atoms with van der Waals surface area (Å²) in [7, 11) is 0. The third-order valence-corrected chi connectivity index (χ3v) is 7.62. The van der Waals surface area contributed by atoms with Gasteiger partial charge in [0.25, 0.3) is 11.8 Å². The first-order valence-electron chi connectivity index (χ1n) is 11.7. The molecule has 1 unspecified atom stereocenters. The number of aliphatic hydroxyl groups excluding tert-OH is 1. The van der Waals surface area contributed by atoms with E-state index in [9.17, 15) is 24.6 Å². The van der Waals surface area contributed by atoms with Crippen LogP contribution in [0.5, 0.6) is 5.75 Å². The molecule has 1 saturated heterocycles. The Kier molecular flexibility index (Phi) is 6.98. The second kappa shape index (κ2) is 10.5. The number of hydrogen-bond acceptors (Lipinski definition) is 7. The van der Waals surface area contributed by atoms with Crippen LogP contribution in [0.2, 0.25) is 0 Å². The molecule has 37 heavy (non-hydrogen) atoms. The fourth-order valence-corrected chi connectivity index (χ4v) is 5.71. The molecule has 9 heteroatoms. The highest BCUT2D eigenvalue weighted by molar-refractivity contribution is 8.00. The van der Waals surface area contributed by atoms with Crippen LogP contribution < -0.4 is 5.32 Å². The predicted octanol–water partition coefficient (Wildman–Crippen LogP) is 2.98. The van der Waals surface area contributed by atoms with E-state index >= 15 is 0 Å². The van der Waals surface area contributed by atoms with Crippen molar-refractivity contribution in [2.75, 3.05) is 12.4 Å². The lowest BCUT2D eigenvalue weighted by atomic mass is 10.0. The van der Waals surface area contributed by atoms with Gasteiger partial charge in [-0.05, 0) is 41.0 Å². The Balaban J connectivity index is 1.38. The van der Waals surface area contributed by atoms with E-state index in [1.54, 1.807) is 0 Å². The van der Waals surface area contributed by atoms with Gasteiger partial charge in [0.05, 0.1) is 6.61 Å². The molecule has 0 aliphatic carbocycles. The standard InChI is InChI=1S/C28H24N2O6S/c31-15-20-16-37-27-22(29-25(33)19-11-13-21(32)14-12-19)26(34)30(27)23(20)28(35)36-24(17-7-3-1-4-8-17)18-9-5-2-6-10-18/h1-14,22,24,27,31-32H,15-16H2,(H,29,33)/t22?,27-/m1/s1. The van der Waals surface area contributed by atoms with Gasteiger partial charge in [-0.25, -0.2) is 4.79 Å². The Bertz CT molecular complexity index is 1300. The van der Waals surface area contributed by atoms with Gasteiger partial charge < -0.3 is 20.3 Å². The van der Waals surface area contributed by atoms with Crippen molar-refractivity contribution in [3.8, 4) is 5.75 Å². The van der Waals surface area contributed by atoms with Gasteiger partial charge in [-0.3, -0.25) is 14.5 Å². The zero-order chi connectivity index (χ0) is 25.9. The van der Waals surface area contributed by atoms with Crippen LogP contribution in [0.15, 0.2) is 96.2 Å². The van der Waals surface area contributed by atoms with E-state index in [1.807, 2.05) is 60.7 Å². The van der Waals surface area contributed by atoms with Gasteiger partial charge in [-0.15, -0.1) is 11.8 Å². The Morgan fingerprint density at radius 1 is 0.973 bits per heavy atom. The average molecular weight is 517 g/mol. The van der Waals surface area contributed by atoms with Crippen LogP contribution in [0.25, 0.3) is 0 Å². The molecular formula is C28H24N2O6S. The molecule has 0 radical (unpaired) electrons. The molecule has 5 rings (SSSR count). The highest BCUT2D eigenvalue weighted by Gasteiger charge is 2.54. The predicted molar refractivity (Wildman–Crippen MR) is 137 cm³/mol. The van der Waals surface area contributed by atoms with E-state index in [4.69, 9.17) is 4.74 Å². The molecule has 0 spiro atoms. The smallest absolute Gasteiger partial charge is 0.356 e. The number of rotatable bonds is 7. The minimum Gasteiger partial charge on any atom is -0.508 e. The lowest BCUT2D eigenvalue weighted by Crippen LogP contribution is -2.70. The van der Waals surface area contributed by atoms with Crippen LogP contribution in [0, 0.1) is 0 Å². The summed E-state index contributed by atoms with van der Waals surface area (Å²) in [4.78, 5) is 40.7. The number of ether oxygens (including phenoxy) is 1. The van der Waals surface area contributed by atoms with E-state index in [0.29, 0.717) is 16.9 Å². The molecule has 3 aromatic rings. The summed E-state index contributed by atoms with van der Waals surface area (Å²) in [6.45, 7) is -0.403. The zero-order valence-corrected chi connectivity index (χ0v) is 20.4. The van der Waals surface area contributed by atoms with Crippen molar-refractivity contribution in [1.29, 1.82) is 0 Å². The zero-order valence-electron chi connectivity index (χ0n) is 19.6.